The van der Waals surface area contributed by atoms with Crippen LogP contribution in [0.25, 0.3) is 0 Å². The molecule has 0 amide bonds. The van der Waals surface area contributed by atoms with Crippen LogP contribution in [0.3, 0.4) is 0 Å². The Morgan fingerprint density at radius 3 is 2.50 bits per heavy atom. The van der Waals surface area contributed by atoms with Gasteiger partial charge in [0, 0.05) is 17.5 Å². The number of hydrogen-bond donors (Lipinski definition) is 0. The van der Waals surface area contributed by atoms with Crippen LogP contribution in [0.1, 0.15) is 29.9 Å². The SMILES string of the molecule is Cc1nccc(CC(C)c2c(F)cncc2F)n1. The molecule has 5 heteroatoms. The van der Waals surface area contributed by atoms with Crippen molar-refractivity contribution >= 4 is 0 Å². The van der Waals surface area contributed by atoms with E-state index in [1.54, 1.807) is 26.1 Å². The lowest BCUT2D eigenvalue weighted by atomic mass is 9.96. The number of aryl methyl sites for hydroxylation is 1. The third kappa shape index (κ3) is 2.67. The summed E-state index contributed by atoms with van der Waals surface area (Å²) in [7, 11) is 0. The highest BCUT2D eigenvalue weighted by Gasteiger charge is 2.17. The summed E-state index contributed by atoms with van der Waals surface area (Å²) in [6.07, 6.45) is 4.16. The van der Waals surface area contributed by atoms with E-state index in [1.807, 2.05) is 0 Å². The van der Waals surface area contributed by atoms with Gasteiger partial charge in [-0.2, -0.15) is 0 Å². The number of halogens is 2. The quantitative estimate of drug-likeness (QED) is 0.839. The van der Waals surface area contributed by atoms with Gasteiger partial charge in [-0.3, -0.25) is 4.98 Å². The Morgan fingerprint density at radius 1 is 1.22 bits per heavy atom. The topological polar surface area (TPSA) is 38.7 Å². The van der Waals surface area contributed by atoms with Crippen LogP contribution in [0, 0.1) is 18.6 Å². The lowest BCUT2D eigenvalue weighted by Crippen LogP contribution is -2.07. The second kappa shape index (κ2) is 5.16. The molecule has 0 aliphatic rings. The van der Waals surface area contributed by atoms with Gasteiger partial charge in [-0.25, -0.2) is 18.7 Å². The zero-order chi connectivity index (χ0) is 13.1. The summed E-state index contributed by atoms with van der Waals surface area (Å²) in [5.41, 5.74) is 0.826. The van der Waals surface area contributed by atoms with Gasteiger partial charge in [0.1, 0.15) is 17.5 Å². The first-order valence-corrected chi connectivity index (χ1v) is 5.65. The molecule has 0 radical (unpaired) electrons. The molecule has 0 bridgehead atoms. The Hall–Kier alpha value is -1.91. The highest BCUT2D eigenvalue weighted by Crippen LogP contribution is 2.24. The number of hydrogen-bond acceptors (Lipinski definition) is 3. The largest absolute Gasteiger partial charge is 0.259 e. The predicted molar refractivity (Wildman–Crippen MR) is 63.0 cm³/mol. The summed E-state index contributed by atoms with van der Waals surface area (Å²) in [5.74, 6) is -0.890. The standard InChI is InChI=1S/C13H13F2N3/c1-8(5-10-3-4-17-9(2)18-10)13-11(14)6-16-7-12(13)15/h3-4,6-8H,5H2,1-2H3. The normalized spacial score (nSPS) is 12.4. The van der Waals surface area contributed by atoms with Gasteiger partial charge in [0.25, 0.3) is 0 Å². The minimum atomic E-state index is -0.617. The Kier molecular flexibility index (Phi) is 3.60. The lowest BCUT2D eigenvalue weighted by molar-refractivity contribution is 0.521. The highest BCUT2D eigenvalue weighted by molar-refractivity contribution is 5.21. The van der Waals surface area contributed by atoms with Crippen LogP contribution in [0.5, 0.6) is 0 Å². The van der Waals surface area contributed by atoms with Gasteiger partial charge in [-0.05, 0) is 25.3 Å². The molecule has 1 atom stereocenters. The van der Waals surface area contributed by atoms with E-state index in [2.05, 4.69) is 15.0 Å². The van der Waals surface area contributed by atoms with Gasteiger partial charge >= 0.3 is 0 Å². The molecule has 0 fully saturated rings. The van der Waals surface area contributed by atoms with Gasteiger partial charge in [-0.1, -0.05) is 6.92 Å². The summed E-state index contributed by atoms with van der Waals surface area (Å²) in [6, 6.07) is 1.75. The molecule has 94 valence electrons. The van der Waals surface area contributed by atoms with Crippen molar-refractivity contribution in [2.45, 2.75) is 26.2 Å². The van der Waals surface area contributed by atoms with Crippen molar-refractivity contribution in [1.29, 1.82) is 0 Å². The van der Waals surface area contributed by atoms with Gasteiger partial charge < -0.3 is 0 Å². The van der Waals surface area contributed by atoms with E-state index in [-0.39, 0.29) is 11.5 Å². The molecule has 0 aliphatic carbocycles. The number of rotatable bonds is 3. The second-order valence-corrected chi connectivity index (χ2v) is 4.22. The van der Waals surface area contributed by atoms with Crippen LogP contribution < -0.4 is 0 Å². The van der Waals surface area contributed by atoms with Gasteiger partial charge in [-0.15, -0.1) is 0 Å². The van der Waals surface area contributed by atoms with E-state index in [1.165, 1.54) is 0 Å². The average molecular weight is 249 g/mol. The molecule has 2 rings (SSSR count). The monoisotopic (exact) mass is 249 g/mol. The third-order valence-corrected chi connectivity index (χ3v) is 2.73. The lowest BCUT2D eigenvalue weighted by Gasteiger charge is -2.13. The van der Waals surface area contributed by atoms with Crippen molar-refractivity contribution in [2.75, 3.05) is 0 Å². The van der Waals surface area contributed by atoms with Gasteiger partial charge in [0.05, 0.1) is 12.4 Å². The van der Waals surface area contributed by atoms with Crippen LogP contribution in [0.4, 0.5) is 8.78 Å². The second-order valence-electron chi connectivity index (χ2n) is 4.22. The third-order valence-electron chi connectivity index (χ3n) is 2.73. The van der Waals surface area contributed by atoms with Gasteiger partial charge in [0.2, 0.25) is 0 Å². The first kappa shape index (κ1) is 12.5. The maximum absolute atomic E-state index is 13.5. The number of pyridine rings is 1. The van der Waals surface area contributed by atoms with Crippen molar-refractivity contribution in [3.63, 3.8) is 0 Å². The van der Waals surface area contributed by atoms with Crippen LogP contribution in [-0.4, -0.2) is 15.0 Å². The van der Waals surface area contributed by atoms with E-state index in [0.717, 1.165) is 18.1 Å². The van der Waals surface area contributed by atoms with Crippen LogP contribution >= 0.6 is 0 Å². The number of nitrogens with zero attached hydrogens (tertiary/aromatic N) is 3. The Labute approximate surface area is 104 Å². The maximum atomic E-state index is 13.5. The molecule has 1 unspecified atom stereocenters. The van der Waals surface area contributed by atoms with E-state index >= 15 is 0 Å². The minimum Gasteiger partial charge on any atom is -0.259 e. The van der Waals surface area contributed by atoms with E-state index in [9.17, 15) is 8.78 Å². The minimum absolute atomic E-state index is 0.0567. The molecule has 3 nitrogen and oxygen atoms in total. The zero-order valence-electron chi connectivity index (χ0n) is 10.2. The molecule has 0 N–H and O–H groups in total. The smallest absolute Gasteiger partial charge is 0.147 e. The molecular weight excluding hydrogens is 236 g/mol. The molecule has 0 saturated carbocycles. The van der Waals surface area contributed by atoms with Crippen molar-refractivity contribution in [3.05, 3.63) is 53.4 Å². The summed E-state index contributed by atoms with van der Waals surface area (Å²) < 4.78 is 27.1. The average Bonchev–Trinajstić information content (AvgIpc) is 2.28. The molecule has 2 aromatic heterocycles. The molecule has 0 aliphatic heterocycles. The highest BCUT2D eigenvalue weighted by atomic mass is 19.1. The number of aromatic nitrogens is 3. The fourth-order valence-corrected chi connectivity index (χ4v) is 1.93. The van der Waals surface area contributed by atoms with Crippen LogP contribution in [0.15, 0.2) is 24.7 Å². The Bertz CT molecular complexity index is 537. The van der Waals surface area contributed by atoms with Crippen LogP contribution in [-0.2, 0) is 6.42 Å². The summed E-state index contributed by atoms with van der Waals surface area (Å²) in [4.78, 5) is 11.7. The van der Waals surface area contributed by atoms with Crippen molar-refractivity contribution in [1.82, 2.24) is 15.0 Å². The molecule has 0 spiro atoms. The first-order chi connectivity index (χ1) is 8.58. The fraction of sp³-hybridized carbons (Fsp3) is 0.308. The summed E-state index contributed by atoms with van der Waals surface area (Å²) in [6.45, 7) is 3.54. The Morgan fingerprint density at radius 2 is 1.89 bits per heavy atom. The van der Waals surface area contributed by atoms with E-state index in [0.29, 0.717) is 12.2 Å². The zero-order valence-corrected chi connectivity index (χ0v) is 10.2. The Balaban J connectivity index is 2.25. The summed E-state index contributed by atoms with van der Waals surface area (Å²) >= 11 is 0. The van der Waals surface area contributed by atoms with Crippen LogP contribution in [0.2, 0.25) is 0 Å². The predicted octanol–water partition coefficient (Wildman–Crippen LogP) is 2.80. The van der Waals surface area contributed by atoms with Crippen molar-refractivity contribution < 1.29 is 8.78 Å². The van der Waals surface area contributed by atoms with Gasteiger partial charge in [0.15, 0.2) is 0 Å². The van der Waals surface area contributed by atoms with E-state index < -0.39 is 11.6 Å². The van der Waals surface area contributed by atoms with Crippen molar-refractivity contribution in [3.8, 4) is 0 Å². The fourth-order valence-electron chi connectivity index (χ4n) is 1.93. The molecule has 2 heterocycles. The van der Waals surface area contributed by atoms with Crippen molar-refractivity contribution in [2.24, 2.45) is 0 Å². The molecule has 2 aromatic rings. The first-order valence-electron chi connectivity index (χ1n) is 5.65. The maximum Gasteiger partial charge on any atom is 0.147 e. The molecule has 0 saturated heterocycles. The van der Waals surface area contributed by atoms with E-state index in [4.69, 9.17) is 0 Å². The molecule has 0 aromatic carbocycles. The molecular formula is C13H13F2N3. The molecule has 18 heavy (non-hydrogen) atoms. The summed E-state index contributed by atoms with van der Waals surface area (Å²) in [5, 5.41) is 0.